The van der Waals surface area contributed by atoms with E-state index in [0.717, 1.165) is 48.5 Å². The summed E-state index contributed by atoms with van der Waals surface area (Å²) in [7, 11) is 0. The third-order valence-corrected chi connectivity index (χ3v) is 4.47. The second-order valence-electron chi connectivity index (χ2n) is 6.71. The molecule has 0 radical (unpaired) electrons. The smallest absolute Gasteiger partial charge is 0.257 e. The Bertz CT molecular complexity index is 744. The number of carbonyl (C=O) groups is 1. The first kappa shape index (κ1) is 17.4. The minimum absolute atomic E-state index is 0.150. The van der Waals surface area contributed by atoms with Gasteiger partial charge in [0.1, 0.15) is 0 Å². The molecule has 1 aliphatic heterocycles. The van der Waals surface area contributed by atoms with Gasteiger partial charge in [-0.3, -0.25) is 9.78 Å². The van der Waals surface area contributed by atoms with E-state index in [1.165, 1.54) is 5.56 Å². The van der Waals surface area contributed by atoms with Crippen molar-refractivity contribution in [1.29, 1.82) is 0 Å². The van der Waals surface area contributed by atoms with Crippen LogP contribution in [0, 0.1) is 20.8 Å². The van der Waals surface area contributed by atoms with Crippen LogP contribution in [0.15, 0.2) is 30.6 Å². The molecule has 1 amide bonds. The molecule has 1 aromatic carbocycles. The van der Waals surface area contributed by atoms with E-state index >= 15 is 0 Å². The molecule has 0 spiro atoms. The Kier molecular flexibility index (Phi) is 5.34. The molecule has 1 atom stereocenters. The fourth-order valence-electron chi connectivity index (χ4n) is 3.26. The van der Waals surface area contributed by atoms with E-state index in [1.807, 2.05) is 19.9 Å². The Morgan fingerprint density at radius 1 is 1.20 bits per heavy atom. The van der Waals surface area contributed by atoms with Gasteiger partial charge in [-0.25, -0.2) is 0 Å². The summed E-state index contributed by atoms with van der Waals surface area (Å²) in [5.41, 5.74) is 5.55. The molecule has 0 saturated carbocycles. The number of ether oxygens (including phenoxy) is 1. The van der Waals surface area contributed by atoms with Crippen LogP contribution in [0.1, 0.15) is 39.9 Å². The molecule has 3 rings (SSSR count). The predicted octanol–water partition coefficient (Wildman–Crippen LogP) is 3.85. The van der Waals surface area contributed by atoms with Gasteiger partial charge in [0.25, 0.3) is 5.91 Å². The summed E-state index contributed by atoms with van der Waals surface area (Å²) in [6.07, 6.45) is 5.75. The third-order valence-electron chi connectivity index (χ3n) is 4.47. The molecule has 5 nitrogen and oxygen atoms in total. The monoisotopic (exact) mass is 339 g/mol. The number of aryl methyl sites for hydroxylation is 3. The number of amides is 1. The number of aromatic nitrogens is 1. The van der Waals surface area contributed by atoms with Crippen molar-refractivity contribution in [2.45, 2.75) is 39.7 Å². The number of benzene rings is 1. The van der Waals surface area contributed by atoms with Crippen molar-refractivity contribution in [3.63, 3.8) is 0 Å². The Balaban J connectivity index is 1.69. The number of rotatable bonds is 5. The van der Waals surface area contributed by atoms with Crippen LogP contribution in [0.25, 0.3) is 0 Å². The van der Waals surface area contributed by atoms with E-state index in [1.54, 1.807) is 12.4 Å². The average molecular weight is 339 g/mol. The molecule has 1 unspecified atom stereocenters. The molecule has 1 aliphatic rings. The Labute approximate surface area is 148 Å². The van der Waals surface area contributed by atoms with Crippen molar-refractivity contribution in [3.05, 3.63) is 52.8 Å². The van der Waals surface area contributed by atoms with Crippen molar-refractivity contribution < 1.29 is 9.53 Å². The number of anilines is 2. The molecule has 1 saturated heterocycles. The van der Waals surface area contributed by atoms with Gasteiger partial charge in [-0.15, -0.1) is 0 Å². The first-order chi connectivity index (χ1) is 12.0. The van der Waals surface area contributed by atoms with Gasteiger partial charge in [0.15, 0.2) is 0 Å². The van der Waals surface area contributed by atoms with Crippen LogP contribution in [-0.2, 0) is 4.74 Å². The van der Waals surface area contributed by atoms with E-state index in [-0.39, 0.29) is 12.0 Å². The maximum absolute atomic E-state index is 12.6. The second kappa shape index (κ2) is 7.66. The minimum atomic E-state index is -0.150. The van der Waals surface area contributed by atoms with Crippen molar-refractivity contribution in [2.75, 3.05) is 23.8 Å². The highest BCUT2D eigenvalue weighted by molar-refractivity contribution is 6.05. The third kappa shape index (κ3) is 4.37. The standard InChI is InChI=1S/C20H25N3O2/c1-13-7-14(2)19(15(3)8-13)23-20(24)16-9-17(11-21-10-16)22-12-18-5-4-6-25-18/h7-11,18,22H,4-6,12H2,1-3H3,(H,23,24). The summed E-state index contributed by atoms with van der Waals surface area (Å²) in [5, 5.41) is 6.32. The molecule has 2 aromatic rings. The summed E-state index contributed by atoms with van der Waals surface area (Å²) < 4.78 is 5.61. The van der Waals surface area contributed by atoms with Crippen molar-refractivity contribution >= 4 is 17.3 Å². The summed E-state index contributed by atoms with van der Waals surface area (Å²) in [5.74, 6) is -0.150. The lowest BCUT2D eigenvalue weighted by atomic mass is 10.0. The highest BCUT2D eigenvalue weighted by atomic mass is 16.5. The van der Waals surface area contributed by atoms with Crippen LogP contribution in [0.3, 0.4) is 0 Å². The minimum Gasteiger partial charge on any atom is -0.381 e. The summed E-state index contributed by atoms with van der Waals surface area (Å²) >= 11 is 0. The lowest BCUT2D eigenvalue weighted by Gasteiger charge is -2.14. The molecule has 1 aromatic heterocycles. The van der Waals surface area contributed by atoms with Crippen LogP contribution >= 0.6 is 0 Å². The Morgan fingerprint density at radius 3 is 2.64 bits per heavy atom. The van der Waals surface area contributed by atoms with E-state index in [9.17, 15) is 4.79 Å². The molecule has 0 bridgehead atoms. The fraction of sp³-hybridized carbons (Fsp3) is 0.400. The number of nitrogens with zero attached hydrogens (tertiary/aromatic N) is 1. The van der Waals surface area contributed by atoms with E-state index in [0.29, 0.717) is 5.56 Å². The maximum atomic E-state index is 12.6. The van der Waals surface area contributed by atoms with Gasteiger partial charge in [-0.1, -0.05) is 17.7 Å². The van der Waals surface area contributed by atoms with Crippen LogP contribution in [0.5, 0.6) is 0 Å². The summed E-state index contributed by atoms with van der Waals surface area (Å²) in [6.45, 7) is 7.64. The van der Waals surface area contributed by atoms with E-state index < -0.39 is 0 Å². The maximum Gasteiger partial charge on any atom is 0.257 e. The van der Waals surface area contributed by atoms with Gasteiger partial charge in [0.05, 0.1) is 17.4 Å². The lowest BCUT2D eigenvalue weighted by Crippen LogP contribution is -2.19. The SMILES string of the molecule is Cc1cc(C)c(NC(=O)c2cncc(NCC3CCCO3)c2)c(C)c1. The molecule has 1 fully saturated rings. The Hall–Kier alpha value is -2.40. The number of nitrogens with one attached hydrogen (secondary N) is 2. The van der Waals surface area contributed by atoms with Crippen molar-refractivity contribution in [2.24, 2.45) is 0 Å². The quantitative estimate of drug-likeness (QED) is 0.868. The lowest BCUT2D eigenvalue weighted by molar-refractivity contribution is 0.102. The zero-order valence-corrected chi connectivity index (χ0v) is 15.1. The number of hydrogen-bond donors (Lipinski definition) is 2. The van der Waals surface area contributed by atoms with Gasteiger partial charge < -0.3 is 15.4 Å². The van der Waals surface area contributed by atoms with E-state index in [4.69, 9.17) is 4.74 Å². The molecule has 25 heavy (non-hydrogen) atoms. The van der Waals surface area contributed by atoms with Gasteiger partial charge in [0, 0.05) is 31.2 Å². The van der Waals surface area contributed by atoms with Crippen LogP contribution in [-0.4, -0.2) is 30.1 Å². The average Bonchev–Trinajstić information content (AvgIpc) is 3.10. The summed E-state index contributed by atoms with van der Waals surface area (Å²) in [6, 6.07) is 5.97. The van der Waals surface area contributed by atoms with Gasteiger partial charge in [-0.05, 0) is 50.8 Å². The Morgan fingerprint density at radius 2 is 1.96 bits per heavy atom. The van der Waals surface area contributed by atoms with Crippen molar-refractivity contribution in [1.82, 2.24) is 4.98 Å². The van der Waals surface area contributed by atoms with E-state index in [2.05, 4.69) is 34.7 Å². The molecular weight excluding hydrogens is 314 g/mol. The first-order valence-electron chi connectivity index (χ1n) is 8.72. The molecular formula is C20H25N3O2. The number of carbonyl (C=O) groups excluding carboxylic acids is 1. The zero-order chi connectivity index (χ0) is 17.8. The molecule has 132 valence electrons. The number of pyridine rings is 1. The molecule has 2 N–H and O–H groups in total. The largest absolute Gasteiger partial charge is 0.381 e. The van der Waals surface area contributed by atoms with Gasteiger partial charge in [-0.2, -0.15) is 0 Å². The number of hydrogen-bond acceptors (Lipinski definition) is 4. The second-order valence-corrected chi connectivity index (χ2v) is 6.71. The topological polar surface area (TPSA) is 63.2 Å². The van der Waals surface area contributed by atoms with Gasteiger partial charge >= 0.3 is 0 Å². The van der Waals surface area contributed by atoms with Crippen LogP contribution < -0.4 is 10.6 Å². The van der Waals surface area contributed by atoms with Crippen molar-refractivity contribution in [3.8, 4) is 0 Å². The van der Waals surface area contributed by atoms with Crippen LogP contribution in [0.2, 0.25) is 0 Å². The molecule has 2 heterocycles. The van der Waals surface area contributed by atoms with Crippen LogP contribution in [0.4, 0.5) is 11.4 Å². The molecule has 0 aliphatic carbocycles. The summed E-state index contributed by atoms with van der Waals surface area (Å²) in [4.78, 5) is 16.8. The predicted molar refractivity (Wildman–Crippen MR) is 100 cm³/mol. The highest BCUT2D eigenvalue weighted by Crippen LogP contribution is 2.23. The fourth-order valence-corrected chi connectivity index (χ4v) is 3.26. The highest BCUT2D eigenvalue weighted by Gasteiger charge is 2.15. The normalized spacial score (nSPS) is 16.7. The first-order valence-corrected chi connectivity index (χ1v) is 8.72. The van der Waals surface area contributed by atoms with Gasteiger partial charge in [0.2, 0.25) is 0 Å². The molecule has 5 heteroatoms. The zero-order valence-electron chi connectivity index (χ0n) is 15.1.